The maximum absolute atomic E-state index is 6.05. The normalized spacial score (nSPS) is 15.5. The molecule has 11 heteroatoms. The monoisotopic (exact) mass is 422 g/mol. The summed E-state index contributed by atoms with van der Waals surface area (Å²) in [7, 11) is 0. The Kier molecular flexibility index (Phi) is 4.28. The van der Waals surface area contributed by atoms with Crippen LogP contribution in [0, 0.1) is 6.92 Å². The number of aromatic amines is 1. The Labute approximate surface area is 177 Å². The van der Waals surface area contributed by atoms with Gasteiger partial charge in [0.1, 0.15) is 22.6 Å². The van der Waals surface area contributed by atoms with Gasteiger partial charge in [-0.3, -0.25) is 9.67 Å². The molecule has 0 aromatic carbocycles. The molecule has 0 saturated heterocycles. The Morgan fingerprint density at radius 2 is 2.10 bits per heavy atom. The molecular formula is C19H22N10S. The fourth-order valence-corrected chi connectivity index (χ4v) is 4.85. The largest absolute Gasteiger partial charge is 0.375 e. The summed E-state index contributed by atoms with van der Waals surface area (Å²) in [5.41, 5.74) is 9.30. The lowest BCUT2D eigenvalue weighted by molar-refractivity contribution is 0.497. The number of hydrogen-bond donors (Lipinski definition) is 2. The number of rotatable bonds is 4. The zero-order valence-electron chi connectivity index (χ0n) is 17.2. The zero-order valence-corrected chi connectivity index (χ0v) is 18.0. The summed E-state index contributed by atoms with van der Waals surface area (Å²) in [5.74, 6) is 2.38. The number of nitrogens with one attached hydrogen (secondary N) is 1. The third kappa shape index (κ3) is 2.69. The first-order chi connectivity index (χ1) is 14.5. The Morgan fingerprint density at radius 1 is 1.27 bits per heavy atom. The van der Waals surface area contributed by atoms with E-state index < -0.39 is 0 Å². The van der Waals surface area contributed by atoms with Gasteiger partial charge in [0.25, 0.3) is 0 Å². The van der Waals surface area contributed by atoms with Gasteiger partial charge in [0, 0.05) is 12.2 Å². The molecule has 30 heavy (non-hydrogen) atoms. The maximum Gasteiger partial charge on any atom is 0.181 e. The minimum absolute atomic E-state index is 0.0840. The molecular weight excluding hydrogens is 400 g/mol. The number of fused-ring (bicyclic) bond motifs is 3. The highest BCUT2D eigenvalue weighted by Gasteiger charge is 2.36. The van der Waals surface area contributed by atoms with Crippen molar-refractivity contribution in [1.82, 2.24) is 39.9 Å². The predicted octanol–water partition coefficient (Wildman–Crippen LogP) is 3.14. The van der Waals surface area contributed by atoms with E-state index in [1.54, 1.807) is 12.5 Å². The molecule has 0 fully saturated rings. The summed E-state index contributed by atoms with van der Waals surface area (Å²) in [6.45, 7) is 8.46. The minimum Gasteiger partial charge on any atom is -0.375 e. The van der Waals surface area contributed by atoms with Gasteiger partial charge in [0.2, 0.25) is 0 Å². The molecule has 0 radical (unpaired) electrons. The van der Waals surface area contributed by atoms with E-state index in [-0.39, 0.29) is 12.1 Å². The molecule has 10 nitrogen and oxygen atoms in total. The second kappa shape index (κ2) is 6.87. The van der Waals surface area contributed by atoms with E-state index >= 15 is 0 Å². The number of nitrogens with two attached hydrogens (primary N) is 1. The summed E-state index contributed by atoms with van der Waals surface area (Å²) >= 11 is 1.37. The van der Waals surface area contributed by atoms with Crippen LogP contribution in [0.4, 0.5) is 10.9 Å². The van der Waals surface area contributed by atoms with Crippen LogP contribution in [-0.4, -0.2) is 46.0 Å². The number of aromatic nitrogens is 8. The molecule has 3 N–H and O–H groups in total. The van der Waals surface area contributed by atoms with Gasteiger partial charge in [-0.1, -0.05) is 18.3 Å². The van der Waals surface area contributed by atoms with Crippen LogP contribution < -0.4 is 10.6 Å². The Balaban J connectivity index is 1.75. The molecule has 0 saturated carbocycles. The molecule has 1 aliphatic heterocycles. The van der Waals surface area contributed by atoms with Gasteiger partial charge in [0.05, 0.1) is 17.4 Å². The van der Waals surface area contributed by atoms with Gasteiger partial charge >= 0.3 is 0 Å². The summed E-state index contributed by atoms with van der Waals surface area (Å²) < 4.78 is 2.01. The van der Waals surface area contributed by atoms with E-state index in [0.717, 1.165) is 40.0 Å². The van der Waals surface area contributed by atoms with Gasteiger partial charge < -0.3 is 10.6 Å². The van der Waals surface area contributed by atoms with Crippen molar-refractivity contribution in [3.63, 3.8) is 0 Å². The second-order valence-electron chi connectivity index (χ2n) is 7.49. The van der Waals surface area contributed by atoms with Crippen molar-refractivity contribution >= 4 is 22.3 Å². The summed E-state index contributed by atoms with van der Waals surface area (Å²) in [5, 5.41) is 16.0. The van der Waals surface area contributed by atoms with Crippen molar-refractivity contribution in [2.75, 3.05) is 10.6 Å². The van der Waals surface area contributed by atoms with Crippen molar-refractivity contribution in [2.45, 2.75) is 46.2 Å². The SMILES string of the molecule is CC[C@@H]1c2nncn2-c2c(C)nc(-c3sc(N)nc3-c3ccn[nH]3)nc2N1C(C)C. The Morgan fingerprint density at radius 3 is 2.80 bits per heavy atom. The van der Waals surface area contributed by atoms with Gasteiger partial charge in [-0.15, -0.1) is 10.2 Å². The van der Waals surface area contributed by atoms with Crippen molar-refractivity contribution in [3.8, 4) is 27.8 Å². The molecule has 4 aromatic heterocycles. The van der Waals surface area contributed by atoms with Crippen LogP contribution in [-0.2, 0) is 0 Å². The van der Waals surface area contributed by atoms with Crippen LogP contribution in [0.25, 0.3) is 27.8 Å². The summed E-state index contributed by atoms with van der Waals surface area (Å²) in [6.07, 6.45) is 4.32. The first-order valence-corrected chi connectivity index (χ1v) is 10.6. The lowest BCUT2D eigenvalue weighted by atomic mass is 10.1. The number of aryl methyl sites for hydroxylation is 1. The van der Waals surface area contributed by atoms with E-state index in [9.17, 15) is 0 Å². The topological polar surface area (TPSA) is 127 Å². The van der Waals surface area contributed by atoms with Gasteiger partial charge in [0.15, 0.2) is 22.6 Å². The highest BCUT2D eigenvalue weighted by Crippen LogP contribution is 2.43. The molecule has 5 rings (SSSR count). The quantitative estimate of drug-likeness (QED) is 0.513. The van der Waals surface area contributed by atoms with E-state index in [1.807, 2.05) is 17.6 Å². The van der Waals surface area contributed by atoms with Crippen molar-refractivity contribution in [2.24, 2.45) is 0 Å². The van der Waals surface area contributed by atoms with Crippen LogP contribution >= 0.6 is 11.3 Å². The molecule has 1 atom stereocenters. The third-order valence-corrected chi connectivity index (χ3v) is 6.16. The molecule has 0 spiro atoms. The molecule has 0 bridgehead atoms. The van der Waals surface area contributed by atoms with E-state index in [1.165, 1.54) is 11.3 Å². The average molecular weight is 423 g/mol. The molecule has 154 valence electrons. The van der Waals surface area contributed by atoms with Crippen LogP contribution in [0.15, 0.2) is 18.6 Å². The molecule has 5 heterocycles. The fourth-order valence-electron chi connectivity index (χ4n) is 4.07. The number of nitrogen functional groups attached to an aromatic ring is 1. The van der Waals surface area contributed by atoms with E-state index in [4.69, 9.17) is 15.7 Å². The highest BCUT2D eigenvalue weighted by molar-refractivity contribution is 7.19. The average Bonchev–Trinajstić information content (AvgIpc) is 3.46. The van der Waals surface area contributed by atoms with Gasteiger partial charge in [-0.2, -0.15) is 5.10 Å². The van der Waals surface area contributed by atoms with Gasteiger partial charge in [-0.05, 0) is 33.3 Å². The summed E-state index contributed by atoms with van der Waals surface area (Å²) in [4.78, 5) is 17.5. The lowest BCUT2D eigenvalue weighted by Crippen LogP contribution is -2.40. The number of thiazole rings is 1. The number of nitrogens with zero attached hydrogens (tertiary/aromatic N) is 8. The van der Waals surface area contributed by atoms with Gasteiger partial charge in [-0.25, -0.2) is 15.0 Å². The van der Waals surface area contributed by atoms with E-state index in [2.05, 4.69) is 51.0 Å². The number of hydrogen-bond acceptors (Lipinski definition) is 9. The lowest BCUT2D eigenvalue weighted by Gasteiger charge is -2.40. The van der Waals surface area contributed by atoms with Crippen LogP contribution in [0.1, 0.15) is 44.8 Å². The smallest absolute Gasteiger partial charge is 0.181 e. The third-order valence-electron chi connectivity index (χ3n) is 5.28. The van der Waals surface area contributed by atoms with Crippen molar-refractivity contribution < 1.29 is 0 Å². The molecule has 4 aromatic rings. The molecule has 1 aliphatic rings. The molecule has 0 unspecified atom stereocenters. The van der Waals surface area contributed by atoms with Crippen LogP contribution in [0.3, 0.4) is 0 Å². The first kappa shape index (κ1) is 18.7. The standard InChI is InChI=1S/C19H22N10S/c1-5-12-17-27-22-8-28(17)14-10(4)23-16(25-18(14)29(12)9(2)3)15-13(24-19(20)30-15)11-6-7-21-26-11/h6-9,12H,5H2,1-4H3,(H2,20,24)(H,21,26)/t12-/m1/s1. The second-order valence-corrected chi connectivity index (χ2v) is 8.52. The number of anilines is 2. The highest BCUT2D eigenvalue weighted by atomic mass is 32.1. The fraction of sp³-hybridized carbons (Fsp3) is 0.368. The minimum atomic E-state index is 0.0840. The first-order valence-electron chi connectivity index (χ1n) is 9.83. The maximum atomic E-state index is 6.05. The Bertz CT molecular complexity index is 1210. The predicted molar refractivity (Wildman–Crippen MR) is 115 cm³/mol. The Hall–Kier alpha value is -3.34. The zero-order chi connectivity index (χ0) is 21.0. The van der Waals surface area contributed by atoms with Crippen molar-refractivity contribution in [1.29, 1.82) is 0 Å². The number of H-pyrrole nitrogens is 1. The molecule has 0 amide bonds. The molecule has 0 aliphatic carbocycles. The van der Waals surface area contributed by atoms with E-state index in [0.29, 0.717) is 16.6 Å². The van der Waals surface area contributed by atoms with Crippen molar-refractivity contribution in [3.05, 3.63) is 30.1 Å². The van der Waals surface area contributed by atoms with Crippen LogP contribution in [0.5, 0.6) is 0 Å². The summed E-state index contributed by atoms with van der Waals surface area (Å²) in [6, 6.07) is 2.17. The van der Waals surface area contributed by atoms with Crippen LogP contribution in [0.2, 0.25) is 0 Å².